The summed E-state index contributed by atoms with van der Waals surface area (Å²) >= 11 is 0. The first kappa shape index (κ1) is 30.9. The second-order valence-electron chi connectivity index (χ2n) is 10.5. The fraction of sp³-hybridized carbons (Fsp3) is 0.481. The van der Waals surface area contributed by atoms with Gasteiger partial charge in [-0.3, -0.25) is 0 Å². The number of aromatic hydroxyl groups is 3. The van der Waals surface area contributed by atoms with E-state index >= 15 is 0 Å². The van der Waals surface area contributed by atoms with Crippen LogP contribution < -0.4 is 0 Å². The summed E-state index contributed by atoms with van der Waals surface area (Å²) in [5, 5.41) is 112. The van der Waals surface area contributed by atoms with E-state index in [0.717, 1.165) is 18.2 Å². The summed E-state index contributed by atoms with van der Waals surface area (Å²) in [6, 6.07) is 2.04. The summed E-state index contributed by atoms with van der Waals surface area (Å²) in [6.07, 6.45) is -13.2. The third kappa shape index (κ3) is 5.84. The van der Waals surface area contributed by atoms with E-state index in [-0.39, 0.29) is 28.4 Å². The van der Waals surface area contributed by atoms with Crippen LogP contribution >= 0.6 is 0 Å². The van der Waals surface area contributed by atoms with Crippen molar-refractivity contribution >= 4 is 5.76 Å². The highest BCUT2D eigenvalue weighted by Gasteiger charge is 2.48. The lowest BCUT2D eigenvalue weighted by Crippen LogP contribution is -2.61. The van der Waals surface area contributed by atoms with Crippen molar-refractivity contribution in [1.29, 1.82) is 0 Å². The zero-order chi connectivity index (χ0) is 31.3. The Balaban J connectivity index is 1.42. The fourth-order valence-corrected chi connectivity index (χ4v) is 4.96. The minimum atomic E-state index is -1.87. The molecule has 43 heavy (non-hydrogen) atoms. The van der Waals surface area contributed by atoms with Crippen LogP contribution in [0.5, 0.6) is 17.2 Å². The topological polar surface area (TPSA) is 269 Å². The van der Waals surface area contributed by atoms with Crippen LogP contribution in [0.3, 0.4) is 0 Å². The Morgan fingerprint density at radius 3 is 2.05 bits per heavy atom. The van der Waals surface area contributed by atoms with Gasteiger partial charge < -0.3 is 79.9 Å². The Hall–Kier alpha value is -3.58. The molecule has 3 heterocycles. The zero-order valence-electron chi connectivity index (χ0n) is 22.4. The van der Waals surface area contributed by atoms with E-state index in [9.17, 15) is 56.2 Å². The lowest BCUT2D eigenvalue weighted by molar-refractivity contribution is -0.323. The van der Waals surface area contributed by atoms with Crippen LogP contribution in [-0.4, -0.2) is 130 Å². The van der Waals surface area contributed by atoms with Crippen molar-refractivity contribution in [3.05, 3.63) is 58.8 Å². The van der Waals surface area contributed by atoms with E-state index in [2.05, 4.69) is 0 Å². The first-order valence-electron chi connectivity index (χ1n) is 13.1. The van der Waals surface area contributed by atoms with Crippen molar-refractivity contribution < 1.29 is 79.9 Å². The van der Waals surface area contributed by atoms with E-state index in [0.29, 0.717) is 0 Å². The second-order valence-corrected chi connectivity index (χ2v) is 10.5. The van der Waals surface area contributed by atoms with Crippen LogP contribution in [-0.2, 0) is 23.7 Å². The van der Waals surface area contributed by atoms with Crippen molar-refractivity contribution in [2.75, 3.05) is 6.61 Å². The van der Waals surface area contributed by atoms with E-state index in [1.165, 1.54) is 19.1 Å². The number of hydrogen-bond acceptors (Lipinski definition) is 16. The summed E-state index contributed by atoms with van der Waals surface area (Å²) in [5.74, 6) is -3.49. The number of hydrogen-bond donors (Lipinski definition) is 11. The molecule has 236 valence electrons. The number of phenols is 3. The third-order valence-corrected chi connectivity index (χ3v) is 7.44. The van der Waals surface area contributed by atoms with Gasteiger partial charge in [-0.2, -0.15) is 0 Å². The standard InChI is InChI=1S/C27H32O16/c1-8-18(32)21(35)23(37)26(40-8)39-7-17-20(34)22(36)24(38)27(43-17)42-16-6-11-12(29)4-10(28)5-15(11)41-25(16)9-2-13(30)19(33)14(31)3-9/h2-6,8,15,17-18,20-24,26-38H,7H2,1H3/t8-,15?,17+,18-,20+,21+,22-,23+,24+,26+,27+/m0/s1. The van der Waals surface area contributed by atoms with Crippen LogP contribution in [0.4, 0.5) is 0 Å². The highest BCUT2D eigenvalue weighted by molar-refractivity contribution is 5.72. The Morgan fingerprint density at radius 1 is 0.744 bits per heavy atom. The number of ether oxygens (including phenoxy) is 5. The maximum atomic E-state index is 10.7. The molecule has 5 rings (SSSR count). The molecule has 16 heteroatoms. The quantitative estimate of drug-likeness (QED) is 0.161. The van der Waals surface area contributed by atoms with Gasteiger partial charge >= 0.3 is 0 Å². The fourth-order valence-electron chi connectivity index (χ4n) is 4.96. The molecule has 0 aromatic heterocycles. The Kier molecular flexibility index (Phi) is 8.50. The Morgan fingerprint density at radius 2 is 1.37 bits per heavy atom. The molecule has 16 nitrogen and oxygen atoms in total. The maximum Gasteiger partial charge on any atom is 0.229 e. The lowest BCUT2D eigenvalue weighted by Gasteiger charge is -2.42. The molecule has 0 amide bonds. The van der Waals surface area contributed by atoms with E-state index in [4.69, 9.17) is 23.7 Å². The molecule has 1 aromatic rings. The number of aliphatic hydroxyl groups is 8. The van der Waals surface area contributed by atoms with Crippen molar-refractivity contribution in [1.82, 2.24) is 0 Å². The molecule has 1 aromatic carbocycles. The van der Waals surface area contributed by atoms with Gasteiger partial charge in [0.2, 0.25) is 6.29 Å². The van der Waals surface area contributed by atoms with Crippen LogP contribution in [0, 0.1) is 0 Å². The lowest BCUT2D eigenvalue weighted by atomic mass is 9.96. The smallest absolute Gasteiger partial charge is 0.229 e. The number of allylic oxidation sites excluding steroid dienone is 2. The van der Waals surface area contributed by atoms with Gasteiger partial charge in [-0.25, -0.2) is 0 Å². The van der Waals surface area contributed by atoms with Crippen LogP contribution in [0.15, 0.2) is 53.2 Å². The molecule has 0 bridgehead atoms. The molecule has 1 aliphatic carbocycles. The zero-order valence-corrected chi connectivity index (χ0v) is 22.4. The predicted octanol–water partition coefficient (Wildman–Crippen LogP) is -1.64. The minimum absolute atomic E-state index is 0.0518. The number of benzene rings is 1. The molecule has 0 radical (unpaired) electrons. The molecular weight excluding hydrogens is 580 g/mol. The number of rotatable bonds is 6. The van der Waals surface area contributed by atoms with Crippen molar-refractivity contribution in [3.63, 3.8) is 0 Å². The first-order chi connectivity index (χ1) is 20.3. The molecule has 11 N–H and O–H groups in total. The number of phenolic OH excluding ortho intramolecular Hbond substituents is 3. The van der Waals surface area contributed by atoms with Gasteiger partial charge in [0.15, 0.2) is 35.1 Å². The SMILES string of the molecule is C[C@@H]1O[C@@H](OC[C@H]2O[C@@H](OC3=C(c4cc(O)c(O)c(O)c4)OC4C=C(O)C=C(O)C4=C3)[C@H](O)[C@@H](O)[C@@H]2O)[C@H](O)[C@H](O)[C@H]1O. The largest absolute Gasteiger partial charge is 0.508 e. The molecule has 0 saturated carbocycles. The highest BCUT2D eigenvalue weighted by atomic mass is 16.7. The van der Waals surface area contributed by atoms with Crippen LogP contribution in [0.1, 0.15) is 12.5 Å². The van der Waals surface area contributed by atoms with Gasteiger partial charge in [0.1, 0.15) is 60.4 Å². The maximum absolute atomic E-state index is 10.7. The van der Waals surface area contributed by atoms with Gasteiger partial charge in [-0.05, 0) is 25.1 Å². The molecule has 3 aliphatic heterocycles. The summed E-state index contributed by atoms with van der Waals surface area (Å²) in [6.45, 7) is 0.883. The summed E-state index contributed by atoms with van der Waals surface area (Å²) in [5.41, 5.74) is 0.0388. The number of aliphatic hydroxyl groups excluding tert-OH is 8. The molecule has 4 aliphatic rings. The van der Waals surface area contributed by atoms with Gasteiger partial charge in [-0.15, -0.1) is 0 Å². The van der Waals surface area contributed by atoms with E-state index in [1.54, 1.807) is 0 Å². The number of fused-ring (bicyclic) bond motifs is 1. The van der Waals surface area contributed by atoms with E-state index < -0.39 is 97.1 Å². The van der Waals surface area contributed by atoms with Crippen LogP contribution in [0.25, 0.3) is 5.76 Å². The average molecular weight is 613 g/mol. The molecule has 0 spiro atoms. The summed E-state index contributed by atoms with van der Waals surface area (Å²) in [7, 11) is 0. The monoisotopic (exact) mass is 612 g/mol. The van der Waals surface area contributed by atoms with Crippen LogP contribution in [0.2, 0.25) is 0 Å². The Labute approximate surface area is 243 Å². The second kappa shape index (κ2) is 11.8. The Bertz CT molecular complexity index is 1330. The van der Waals surface area contributed by atoms with E-state index in [1.807, 2.05) is 0 Å². The molecule has 11 atom stereocenters. The van der Waals surface area contributed by atoms with Crippen molar-refractivity contribution in [3.8, 4) is 17.2 Å². The third-order valence-electron chi connectivity index (χ3n) is 7.44. The first-order valence-corrected chi connectivity index (χ1v) is 13.1. The summed E-state index contributed by atoms with van der Waals surface area (Å²) in [4.78, 5) is 0. The average Bonchev–Trinajstić information content (AvgIpc) is 2.96. The van der Waals surface area contributed by atoms with Crippen molar-refractivity contribution in [2.45, 2.75) is 74.4 Å². The predicted molar refractivity (Wildman–Crippen MR) is 139 cm³/mol. The minimum Gasteiger partial charge on any atom is -0.508 e. The molecule has 2 fully saturated rings. The molecule has 2 saturated heterocycles. The molecule has 1 unspecified atom stereocenters. The highest BCUT2D eigenvalue weighted by Crippen LogP contribution is 2.42. The van der Waals surface area contributed by atoms with Gasteiger partial charge in [0.05, 0.1) is 12.7 Å². The van der Waals surface area contributed by atoms with Gasteiger partial charge in [0, 0.05) is 23.3 Å². The summed E-state index contributed by atoms with van der Waals surface area (Å²) < 4.78 is 28.2. The van der Waals surface area contributed by atoms with Gasteiger partial charge in [-0.1, -0.05) is 0 Å². The van der Waals surface area contributed by atoms with Gasteiger partial charge in [0.25, 0.3) is 0 Å². The molecular formula is C27H32O16. The van der Waals surface area contributed by atoms with Crippen molar-refractivity contribution in [2.24, 2.45) is 0 Å². The normalized spacial score (nSPS) is 37.9.